The predicted molar refractivity (Wildman–Crippen MR) is 51.6 cm³/mol. The molecule has 5 heteroatoms. The summed E-state index contributed by atoms with van der Waals surface area (Å²) in [5, 5.41) is 1.54. The van der Waals surface area contributed by atoms with Gasteiger partial charge < -0.3 is 9.57 Å². The smallest absolute Gasteiger partial charge is 0.433 e. The van der Waals surface area contributed by atoms with Gasteiger partial charge in [0.25, 0.3) is 0 Å². The largest absolute Gasteiger partial charge is 0.527 e. The number of pyridine rings is 1. The van der Waals surface area contributed by atoms with Gasteiger partial charge in [-0.1, -0.05) is 6.07 Å². The third-order valence-electron chi connectivity index (χ3n) is 2.12. The molecule has 80 valence electrons. The number of rotatable bonds is 2. The van der Waals surface area contributed by atoms with Crippen LogP contribution in [0.1, 0.15) is 18.2 Å². The molecule has 0 bridgehead atoms. The summed E-state index contributed by atoms with van der Waals surface area (Å²) in [5.74, 6) is 0. The normalized spacial score (nSPS) is 14.7. The third kappa shape index (κ3) is 2.24. The number of nitrogens with zero attached hydrogens (tertiary/aromatic N) is 2. The van der Waals surface area contributed by atoms with Gasteiger partial charge in [0.2, 0.25) is 0 Å². The molecule has 0 N–H and O–H groups in total. The number of hydrogen-bond donors (Lipinski definition) is 0. The summed E-state index contributed by atoms with van der Waals surface area (Å²) < 4.78 is 4.68. The molecule has 1 aliphatic rings. The van der Waals surface area contributed by atoms with E-state index in [1.54, 1.807) is 13.1 Å². The van der Waals surface area contributed by atoms with Crippen molar-refractivity contribution in [2.45, 2.75) is 20.0 Å². The van der Waals surface area contributed by atoms with Crippen molar-refractivity contribution >= 4 is 6.16 Å². The van der Waals surface area contributed by atoms with Crippen molar-refractivity contribution in [2.24, 2.45) is 0 Å². The van der Waals surface area contributed by atoms with Crippen molar-refractivity contribution in [1.29, 1.82) is 0 Å². The van der Waals surface area contributed by atoms with Crippen LogP contribution < -0.4 is 0 Å². The van der Waals surface area contributed by atoms with E-state index in [0.717, 1.165) is 11.3 Å². The molecule has 0 saturated carbocycles. The zero-order chi connectivity index (χ0) is 10.7. The van der Waals surface area contributed by atoms with Gasteiger partial charge in [-0.3, -0.25) is 4.98 Å². The highest BCUT2D eigenvalue weighted by atomic mass is 16.8. The lowest BCUT2D eigenvalue weighted by Crippen LogP contribution is -2.22. The maximum atomic E-state index is 11.0. The molecule has 0 saturated heterocycles. The number of carbonyl (C=O) groups excluding carboxylic acids is 1. The average Bonchev–Trinajstić information content (AvgIpc) is 2.59. The summed E-state index contributed by atoms with van der Waals surface area (Å²) in [6, 6.07) is 3.84. The number of aromatic nitrogens is 1. The first-order valence-electron chi connectivity index (χ1n) is 4.82. The summed E-state index contributed by atoms with van der Waals surface area (Å²) in [7, 11) is 0. The standard InChI is InChI=1S/C10H12N2O3/c1-2-14-10(13)15-12-6-8-4-3-5-11-9(8)7-12/h3-5H,2,6-7H2,1H3. The van der Waals surface area contributed by atoms with Crippen molar-refractivity contribution < 1.29 is 14.4 Å². The van der Waals surface area contributed by atoms with Crippen LogP contribution in [0, 0.1) is 0 Å². The van der Waals surface area contributed by atoms with Crippen LogP contribution in [0.4, 0.5) is 4.79 Å². The minimum atomic E-state index is -0.662. The van der Waals surface area contributed by atoms with Crippen molar-refractivity contribution in [3.05, 3.63) is 29.6 Å². The quantitative estimate of drug-likeness (QED) is 0.689. The molecule has 0 atom stereocenters. The Hall–Kier alpha value is -1.62. The number of hydroxylamine groups is 2. The molecule has 5 nitrogen and oxygen atoms in total. The molecule has 0 aromatic carbocycles. The number of carbonyl (C=O) groups is 1. The fourth-order valence-electron chi connectivity index (χ4n) is 1.48. The highest BCUT2D eigenvalue weighted by molar-refractivity contribution is 5.59. The lowest BCUT2D eigenvalue weighted by atomic mass is 10.2. The van der Waals surface area contributed by atoms with Gasteiger partial charge in [-0.15, -0.1) is 5.06 Å². The van der Waals surface area contributed by atoms with Crippen molar-refractivity contribution in [3.8, 4) is 0 Å². The molecular formula is C10H12N2O3. The van der Waals surface area contributed by atoms with Crippen LogP contribution in [0.15, 0.2) is 18.3 Å². The van der Waals surface area contributed by atoms with Crippen LogP contribution >= 0.6 is 0 Å². The van der Waals surface area contributed by atoms with Crippen LogP contribution in [-0.4, -0.2) is 22.8 Å². The third-order valence-corrected chi connectivity index (χ3v) is 2.12. The van der Waals surface area contributed by atoms with Gasteiger partial charge in [0.1, 0.15) is 0 Å². The summed E-state index contributed by atoms with van der Waals surface area (Å²) in [6.07, 6.45) is 1.07. The topological polar surface area (TPSA) is 51.7 Å². The fraction of sp³-hybridized carbons (Fsp3) is 0.400. The SMILES string of the molecule is CCOC(=O)ON1Cc2cccnc2C1. The Morgan fingerprint density at radius 1 is 1.60 bits per heavy atom. The van der Waals surface area contributed by atoms with E-state index in [9.17, 15) is 4.79 Å². The van der Waals surface area contributed by atoms with E-state index in [1.807, 2.05) is 12.1 Å². The van der Waals surface area contributed by atoms with Crippen molar-refractivity contribution in [1.82, 2.24) is 10.0 Å². The molecule has 0 spiro atoms. The second-order valence-electron chi connectivity index (χ2n) is 3.18. The average molecular weight is 208 g/mol. The van der Waals surface area contributed by atoms with Crippen LogP contribution in [0.3, 0.4) is 0 Å². The molecule has 1 aromatic rings. The highest BCUT2D eigenvalue weighted by Gasteiger charge is 2.23. The maximum Gasteiger partial charge on any atom is 0.527 e. The molecule has 1 aliphatic heterocycles. The molecule has 15 heavy (non-hydrogen) atoms. The van der Waals surface area contributed by atoms with Crippen LogP contribution in [0.2, 0.25) is 0 Å². The Morgan fingerprint density at radius 2 is 2.47 bits per heavy atom. The van der Waals surface area contributed by atoms with Gasteiger partial charge >= 0.3 is 6.16 Å². The van der Waals surface area contributed by atoms with Gasteiger partial charge in [0.05, 0.1) is 25.4 Å². The molecule has 0 fully saturated rings. The number of hydrogen-bond acceptors (Lipinski definition) is 5. The number of ether oxygens (including phenoxy) is 1. The second kappa shape index (κ2) is 4.27. The predicted octanol–water partition coefficient (Wildman–Crippen LogP) is 1.49. The zero-order valence-corrected chi connectivity index (χ0v) is 8.47. The van der Waals surface area contributed by atoms with E-state index in [-0.39, 0.29) is 0 Å². The van der Waals surface area contributed by atoms with E-state index < -0.39 is 6.16 Å². The summed E-state index contributed by atoms with van der Waals surface area (Å²) in [6.45, 7) is 3.15. The Labute approximate surface area is 87.6 Å². The minimum Gasteiger partial charge on any atom is -0.433 e. The molecule has 0 radical (unpaired) electrons. The maximum absolute atomic E-state index is 11.0. The number of fused-ring (bicyclic) bond motifs is 1. The first-order valence-corrected chi connectivity index (χ1v) is 4.82. The van der Waals surface area contributed by atoms with Gasteiger partial charge in [0, 0.05) is 6.20 Å². The molecule has 0 amide bonds. The molecule has 2 rings (SSSR count). The second-order valence-corrected chi connectivity index (χ2v) is 3.18. The van der Waals surface area contributed by atoms with Crippen LogP contribution in [0.25, 0.3) is 0 Å². The first-order chi connectivity index (χ1) is 7.29. The van der Waals surface area contributed by atoms with Gasteiger partial charge in [0.15, 0.2) is 0 Å². The van der Waals surface area contributed by atoms with Gasteiger partial charge in [-0.05, 0) is 18.6 Å². The lowest BCUT2D eigenvalue weighted by Gasteiger charge is -2.12. The van der Waals surface area contributed by atoms with Crippen LogP contribution in [-0.2, 0) is 22.7 Å². The van der Waals surface area contributed by atoms with Crippen molar-refractivity contribution in [2.75, 3.05) is 6.61 Å². The Morgan fingerprint density at radius 3 is 3.20 bits per heavy atom. The van der Waals surface area contributed by atoms with E-state index in [1.165, 1.54) is 5.06 Å². The van der Waals surface area contributed by atoms with E-state index in [4.69, 9.17) is 4.84 Å². The van der Waals surface area contributed by atoms with Crippen molar-refractivity contribution in [3.63, 3.8) is 0 Å². The Kier molecular flexibility index (Phi) is 2.82. The summed E-state index contributed by atoms with van der Waals surface area (Å²) >= 11 is 0. The van der Waals surface area contributed by atoms with Gasteiger partial charge in [-0.25, -0.2) is 4.79 Å². The monoisotopic (exact) mass is 208 g/mol. The fourth-order valence-corrected chi connectivity index (χ4v) is 1.48. The lowest BCUT2D eigenvalue weighted by molar-refractivity contribution is -0.133. The molecule has 0 aliphatic carbocycles. The summed E-state index contributed by atoms with van der Waals surface area (Å²) in [5.41, 5.74) is 2.03. The summed E-state index contributed by atoms with van der Waals surface area (Å²) in [4.78, 5) is 20.2. The Bertz CT molecular complexity index is 342. The highest BCUT2D eigenvalue weighted by Crippen LogP contribution is 2.20. The van der Waals surface area contributed by atoms with E-state index >= 15 is 0 Å². The first kappa shape index (κ1) is 9.92. The molecule has 0 unspecified atom stereocenters. The van der Waals surface area contributed by atoms with Crippen LogP contribution in [0.5, 0.6) is 0 Å². The molecular weight excluding hydrogens is 196 g/mol. The molecule has 1 aromatic heterocycles. The van der Waals surface area contributed by atoms with E-state index in [0.29, 0.717) is 19.7 Å². The molecule has 2 heterocycles. The Balaban J connectivity index is 1.93. The zero-order valence-electron chi connectivity index (χ0n) is 8.47. The van der Waals surface area contributed by atoms with E-state index in [2.05, 4.69) is 9.72 Å². The van der Waals surface area contributed by atoms with Gasteiger partial charge in [-0.2, -0.15) is 0 Å². The minimum absolute atomic E-state index is 0.317.